The minimum atomic E-state index is -1.02. The Hall–Kier alpha value is -1.55. The number of fused-ring (bicyclic) bond motifs is 1. The topological polar surface area (TPSA) is 58.6 Å². The highest BCUT2D eigenvalue weighted by Gasteiger charge is 2.54. The lowest BCUT2D eigenvalue weighted by Crippen LogP contribution is -2.07. The number of benzene rings is 1. The van der Waals surface area contributed by atoms with Crippen LogP contribution < -0.4 is 5.32 Å². The molecular formula is C12H13NO3. The molecule has 2 unspecified atom stereocenters. The normalized spacial score (nSPS) is 30.9. The summed E-state index contributed by atoms with van der Waals surface area (Å²) >= 11 is 0. The van der Waals surface area contributed by atoms with Crippen molar-refractivity contribution in [3.8, 4) is 0 Å². The molecule has 0 aromatic heterocycles. The maximum Gasteiger partial charge on any atom is 0.409 e. The lowest BCUT2D eigenvalue weighted by atomic mass is 10.1. The van der Waals surface area contributed by atoms with E-state index in [-0.39, 0.29) is 0 Å². The number of anilines is 1. The van der Waals surface area contributed by atoms with Gasteiger partial charge in [-0.1, -0.05) is 12.1 Å². The molecule has 0 radical (unpaired) electrons. The largest absolute Gasteiger partial charge is 0.465 e. The van der Waals surface area contributed by atoms with Crippen molar-refractivity contribution in [2.75, 3.05) is 18.5 Å². The molecule has 2 atom stereocenters. The third kappa shape index (κ3) is 1.55. The Balaban J connectivity index is 1.71. The minimum absolute atomic E-state index is 0.623. The monoisotopic (exact) mass is 219 g/mol. The molecule has 1 saturated heterocycles. The van der Waals surface area contributed by atoms with Crippen molar-refractivity contribution < 1.29 is 14.6 Å². The van der Waals surface area contributed by atoms with Crippen molar-refractivity contribution in [2.24, 2.45) is 11.8 Å². The van der Waals surface area contributed by atoms with Crippen LogP contribution in [0.1, 0.15) is 11.5 Å². The lowest BCUT2D eigenvalue weighted by molar-refractivity contribution is 0.160. The summed E-state index contributed by atoms with van der Waals surface area (Å²) in [4.78, 5) is 10.4. The Morgan fingerprint density at radius 1 is 1.25 bits per heavy atom. The molecule has 16 heavy (non-hydrogen) atoms. The molecule has 2 N–H and O–H groups in total. The fourth-order valence-electron chi connectivity index (χ4n) is 2.65. The fourth-order valence-corrected chi connectivity index (χ4v) is 2.65. The van der Waals surface area contributed by atoms with E-state index in [2.05, 4.69) is 5.32 Å². The van der Waals surface area contributed by atoms with E-state index in [9.17, 15) is 4.79 Å². The van der Waals surface area contributed by atoms with E-state index in [4.69, 9.17) is 9.84 Å². The van der Waals surface area contributed by atoms with Crippen LogP contribution in [0, 0.1) is 11.8 Å². The summed E-state index contributed by atoms with van der Waals surface area (Å²) in [5, 5.41) is 10.9. The average molecular weight is 219 g/mol. The van der Waals surface area contributed by atoms with Crippen molar-refractivity contribution in [1.82, 2.24) is 0 Å². The molecule has 0 bridgehead atoms. The van der Waals surface area contributed by atoms with E-state index in [1.54, 1.807) is 0 Å². The summed E-state index contributed by atoms with van der Waals surface area (Å²) in [7, 11) is 0. The van der Waals surface area contributed by atoms with E-state index in [0.717, 1.165) is 13.2 Å². The quantitative estimate of drug-likeness (QED) is 0.801. The fraction of sp³-hybridized carbons (Fsp3) is 0.417. The van der Waals surface area contributed by atoms with Crippen LogP contribution in [0.3, 0.4) is 0 Å². The molecule has 1 heterocycles. The van der Waals surface area contributed by atoms with Crippen molar-refractivity contribution in [2.45, 2.75) is 5.92 Å². The van der Waals surface area contributed by atoms with E-state index < -0.39 is 6.09 Å². The van der Waals surface area contributed by atoms with Gasteiger partial charge in [0.1, 0.15) is 0 Å². The van der Waals surface area contributed by atoms with Gasteiger partial charge >= 0.3 is 6.09 Å². The van der Waals surface area contributed by atoms with E-state index in [0.29, 0.717) is 23.4 Å². The highest BCUT2D eigenvalue weighted by atomic mass is 16.5. The first-order valence-electron chi connectivity index (χ1n) is 5.43. The molecule has 4 nitrogen and oxygen atoms in total. The number of nitrogens with one attached hydrogen (secondary N) is 1. The number of hydrogen-bond donors (Lipinski definition) is 2. The molecular weight excluding hydrogens is 206 g/mol. The van der Waals surface area contributed by atoms with Crippen LogP contribution in [-0.2, 0) is 4.74 Å². The first-order valence-corrected chi connectivity index (χ1v) is 5.43. The molecule has 3 rings (SSSR count). The van der Waals surface area contributed by atoms with Gasteiger partial charge in [0.2, 0.25) is 0 Å². The van der Waals surface area contributed by atoms with Gasteiger partial charge in [0.15, 0.2) is 0 Å². The summed E-state index contributed by atoms with van der Waals surface area (Å²) in [6.45, 7) is 1.76. The standard InChI is InChI=1S/C12H13NO3/c14-12(15)13-8-3-1-7(2-4-8)11-9-5-16-6-10(9)11/h1-4,9-11,13H,5-6H2,(H,14,15). The Labute approximate surface area is 93.2 Å². The predicted molar refractivity (Wildman–Crippen MR) is 58.6 cm³/mol. The minimum Gasteiger partial charge on any atom is -0.465 e. The molecule has 1 aliphatic heterocycles. The van der Waals surface area contributed by atoms with E-state index in [1.807, 2.05) is 24.3 Å². The first kappa shape index (κ1) is 9.66. The van der Waals surface area contributed by atoms with Gasteiger partial charge in [-0.2, -0.15) is 0 Å². The maximum atomic E-state index is 10.4. The Bertz CT molecular complexity index is 405. The zero-order valence-electron chi connectivity index (χ0n) is 8.72. The third-order valence-corrected chi connectivity index (χ3v) is 3.50. The molecule has 84 valence electrons. The molecule has 0 spiro atoms. The third-order valence-electron chi connectivity index (χ3n) is 3.50. The molecule has 1 aliphatic carbocycles. The number of carboxylic acid groups (broad SMARTS) is 1. The van der Waals surface area contributed by atoms with Gasteiger partial charge in [-0.25, -0.2) is 4.79 Å². The van der Waals surface area contributed by atoms with E-state index >= 15 is 0 Å². The van der Waals surface area contributed by atoms with Gasteiger partial charge in [0, 0.05) is 5.69 Å². The Morgan fingerprint density at radius 2 is 1.88 bits per heavy atom. The smallest absolute Gasteiger partial charge is 0.409 e. The van der Waals surface area contributed by atoms with Gasteiger partial charge in [0.05, 0.1) is 13.2 Å². The van der Waals surface area contributed by atoms with Crippen molar-refractivity contribution >= 4 is 11.8 Å². The summed E-state index contributed by atoms with van der Waals surface area (Å²) < 4.78 is 5.34. The van der Waals surface area contributed by atoms with E-state index in [1.165, 1.54) is 5.56 Å². The number of amides is 1. The first-order chi connectivity index (χ1) is 7.75. The second kappa shape index (κ2) is 3.49. The summed E-state index contributed by atoms with van der Waals surface area (Å²) in [5.41, 5.74) is 1.92. The zero-order chi connectivity index (χ0) is 11.1. The molecule has 2 aliphatic rings. The van der Waals surface area contributed by atoms with Crippen molar-refractivity contribution in [1.29, 1.82) is 0 Å². The highest BCUT2D eigenvalue weighted by Crippen LogP contribution is 2.57. The van der Waals surface area contributed by atoms with Gasteiger partial charge in [0.25, 0.3) is 0 Å². The Morgan fingerprint density at radius 3 is 2.44 bits per heavy atom. The van der Waals surface area contributed by atoms with Crippen LogP contribution in [0.15, 0.2) is 24.3 Å². The second-order valence-electron chi connectivity index (χ2n) is 4.44. The number of carbonyl (C=O) groups is 1. The summed E-state index contributed by atoms with van der Waals surface area (Å²) in [6.07, 6.45) is -1.02. The van der Waals surface area contributed by atoms with Crippen molar-refractivity contribution in [3.05, 3.63) is 29.8 Å². The second-order valence-corrected chi connectivity index (χ2v) is 4.44. The molecule has 4 heteroatoms. The van der Waals surface area contributed by atoms with Gasteiger partial charge < -0.3 is 9.84 Å². The number of ether oxygens (including phenoxy) is 1. The van der Waals surface area contributed by atoms with Gasteiger partial charge in [-0.05, 0) is 35.4 Å². The average Bonchev–Trinajstić information content (AvgIpc) is 2.73. The highest BCUT2D eigenvalue weighted by molar-refractivity contribution is 5.82. The van der Waals surface area contributed by atoms with Crippen molar-refractivity contribution in [3.63, 3.8) is 0 Å². The number of hydrogen-bond acceptors (Lipinski definition) is 2. The summed E-state index contributed by atoms with van der Waals surface area (Å²) in [5.74, 6) is 2.02. The van der Waals surface area contributed by atoms with Crippen LogP contribution in [0.5, 0.6) is 0 Å². The molecule has 1 aromatic rings. The maximum absolute atomic E-state index is 10.4. The lowest BCUT2D eigenvalue weighted by Gasteiger charge is -2.06. The van der Waals surface area contributed by atoms with Crippen LogP contribution in [0.25, 0.3) is 0 Å². The zero-order valence-corrected chi connectivity index (χ0v) is 8.72. The Kier molecular flexibility index (Phi) is 2.11. The SMILES string of the molecule is O=C(O)Nc1ccc(C2C3COCC32)cc1. The van der Waals surface area contributed by atoms with Crippen LogP contribution in [0.4, 0.5) is 10.5 Å². The van der Waals surface area contributed by atoms with Crippen LogP contribution in [-0.4, -0.2) is 24.4 Å². The molecule has 1 amide bonds. The van der Waals surface area contributed by atoms with Gasteiger partial charge in [-0.15, -0.1) is 0 Å². The van der Waals surface area contributed by atoms with Crippen LogP contribution in [0.2, 0.25) is 0 Å². The molecule has 1 saturated carbocycles. The molecule has 2 fully saturated rings. The van der Waals surface area contributed by atoms with Crippen LogP contribution >= 0.6 is 0 Å². The molecule has 1 aromatic carbocycles. The number of rotatable bonds is 2. The predicted octanol–water partition coefficient (Wildman–Crippen LogP) is 2.14. The van der Waals surface area contributed by atoms with Gasteiger partial charge in [-0.3, -0.25) is 5.32 Å². The summed E-state index contributed by atoms with van der Waals surface area (Å²) in [6, 6.07) is 7.65.